The van der Waals surface area contributed by atoms with Crippen molar-refractivity contribution in [2.75, 3.05) is 20.1 Å². The van der Waals surface area contributed by atoms with E-state index in [1.54, 1.807) is 12.1 Å². The van der Waals surface area contributed by atoms with Gasteiger partial charge in [-0.15, -0.1) is 0 Å². The molecule has 1 amide bonds. The number of nitrogens with zero attached hydrogens (tertiary/aromatic N) is 1. The lowest BCUT2D eigenvalue weighted by molar-refractivity contribution is 0.0890. The van der Waals surface area contributed by atoms with Gasteiger partial charge < -0.3 is 16.0 Å². The van der Waals surface area contributed by atoms with Crippen molar-refractivity contribution in [1.29, 1.82) is 0 Å². The van der Waals surface area contributed by atoms with Gasteiger partial charge in [0.25, 0.3) is 5.91 Å². The summed E-state index contributed by atoms with van der Waals surface area (Å²) in [6, 6.07) is 7.25. The van der Waals surface area contributed by atoms with Crippen LogP contribution in [0.1, 0.15) is 23.2 Å². The minimum Gasteiger partial charge on any atom is -0.391 e. The van der Waals surface area contributed by atoms with Gasteiger partial charge in [-0.2, -0.15) is 0 Å². The molecule has 1 aliphatic heterocycles. The van der Waals surface area contributed by atoms with Gasteiger partial charge in [-0.25, -0.2) is 0 Å². The number of amides is 1. The predicted molar refractivity (Wildman–Crippen MR) is 87.9 cm³/mol. The fourth-order valence-corrected chi connectivity index (χ4v) is 2.84. The standard InChI is InChI=1S/C14H18BrN3OS/c1-18-8-6-14(7-9-18,13(16)20)17-12(19)10-2-4-11(15)5-3-10/h2-5H,6-9H2,1H3,(H2,16,20)(H,17,19). The summed E-state index contributed by atoms with van der Waals surface area (Å²) in [5.74, 6) is -0.130. The van der Waals surface area contributed by atoms with Crippen LogP contribution in [0.4, 0.5) is 0 Å². The van der Waals surface area contributed by atoms with Crippen LogP contribution in [0.3, 0.4) is 0 Å². The van der Waals surface area contributed by atoms with E-state index in [1.807, 2.05) is 12.1 Å². The number of likely N-dealkylation sites (tertiary alicyclic amines) is 1. The number of benzene rings is 1. The van der Waals surface area contributed by atoms with Crippen LogP contribution in [-0.2, 0) is 0 Å². The molecule has 108 valence electrons. The Kier molecular flexibility index (Phi) is 4.78. The zero-order valence-electron chi connectivity index (χ0n) is 11.4. The van der Waals surface area contributed by atoms with Gasteiger partial charge in [-0.05, 0) is 44.2 Å². The highest BCUT2D eigenvalue weighted by Gasteiger charge is 2.38. The van der Waals surface area contributed by atoms with Crippen molar-refractivity contribution < 1.29 is 4.79 Å². The zero-order chi connectivity index (χ0) is 14.8. The summed E-state index contributed by atoms with van der Waals surface area (Å²) >= 11 is 8.55. The normalized spacial score (nSPS) is 18.5. The van der Waals surface area contributed by atoms with Gasteiger partial charge in [-0.3, -0.25) is 4.79 Å². The molecule has 0 atom stereocenters. The molecule has 6 heteroatoms. The van der Waals surface area contributed by atoms with E-state index in [9.17, 15) is 4.79 Å². The molecular formula is C14H18BrN3OS. The van der Waals surface area contributed by atoms with Gasteiger partial charge in [0.2, 0.25) is 0 Å². The Labute approximate surface area is 132 Å². The number of hydrogen-bond donors (Lipinski definition) is 2. The Hall–Kier alpha value is -0.980. The number of thiocarbonyl (C=S) groups is 1. The van der Waals surface area contributed by atoms with E-state index in [2.05, 4.69) is 33.2 Å². The first-order valence-corrected chi connectivity index (χ1v) is 7.70. The van der Waals surface area contributed by atoms with Gasteiger partial charge >= 0.3 is 0 Å². The lowest BCUT2D eigenvalue weighted by Crippen LogP contribution is -2.61. The summed E-state index contributed by atoms with van der Waals surface area (Å²) in [4.78, 5) is 14.9. The third-order valence-corrected chi connectivity index (χ3v) is 4.69. The number of rotatable bonds is 3. The third kappa shape index (κ3) is 3.37. The van der Waals surface area contributed by atoms with E-state index >= 15 is 0 Å². The van der Waals surface area contributed by atoms with Crippen LogP contribution >= 0.6 is 28.1 Å². The molecule has 3 N–H and O–H groups in total. The van der Waals surface area contributed by atoms with Gasteiger partial charge in [0.1, 0.15) is 0 Å². The molecular weight excluding hydrogens is 338 g/mol. The average Bonchev–Trinajstić information content (AvgIpc) is 2.42. The molecule has 1 heterocycles. The zero-order valence-corrected chi connectivity index (χ0v) is 13.8. The van der Waals surface area contributed by atoms with Crippen LogP contribution < -0.4 is 11.1 Å². The number of halogens is 1. The fraction of sp³-hybridized carbons (Fsp3) is 0.429. The second-order valence-corrected chi connectivity index (χ2v) is 6.57. The van der Waals surface area contributed by atoms with E-state index in [0.717, 1.165) is 30.4 Å². The summed E-state index contributed by atoms with van der Waals surface area (Å²) in [5, 5.41) is 3.04. The minimum atomic E-state index is -0.563. The molecule has 0 bridgehead atoms. The lowest BCUT2D eigenvalue weighted by Gasteiger charge is -2.40. The van der Waals surface area contributed by atoms with Crippen LogP contribution in [-0.4, -0.2) is 41.5 Å². The first-order valence-electron chi connectivity index (χ1n) is 6.49. The maximum Gasteiger partial charge on any atom is 0.252 e. The largest absolute Gasteiger partial charge is 0.391 e. The molecule has 0 saturated carbocycles. The van der Waals surface area contributed by atoms with Crippen molar-refractivity contribution in [2.24, 2.45) is 5.73 Å². The monoisotopic (exact) mass is 355 g/mol. The highest BCUT2D eigenvalue weighted by atomic mass is 79.9. The molecule has 0 aromatic heterocycles. The maximum absolute atomic E-state index is 12.4. The average molecular weight is 356 g/mol. The molecule has 1 aromatic carbocycles. The highest BCUT2D eigenvalue weighted by molar-refractivity contribution is 9.10. The summed E-state index contributed by atoms with van der Waals surface area (Å²) in [7, 11) is 2.06. The van der Waals surface area contributed by atoms with E-state index in [-0.39, 0.29) is 5.91 Å². The number of carbonyl (C=O) groups excluding carboxylic acids is 1. The molecule has 20 heavy (non-hydrogen) atoms. The molecule has 0 unspecified atom stereocenters. The lowest BCUT2D eigenvalue weighted by atomic mass is 9.87. The minimum absolute atomic E-state index is 0.130. The van der Waals surface area contributed by atoms with Gasteiger partial charge in [0.15, 0.2) is 0 Å². The van der Waals surface area contributed by atoms with Crippen molar-refractivity contribution in [3.05, 3.63) is 34.3 Å². The van der Waals surface area contributed by atoms with Crippen molar-refractivity contribution in [1.82, 2.24) is 10.2 Å². The quantitative estimate of drug-likeness (QED) is 0.813. The van der Waals surface area contributed by atoms with E-state index < -0.39 is 5.54 Å². The van der Waals surface area contributed by atoms with E-state index in [1.165, 1.54) is 0 Å². The topological polar surface area (TPSA) is 58.4 Å². The first-order chi connectivity index (χ1) is 9.43. The van der Waals surface area contributed by atoms with E-state index in [4.69, 9.17) is 18.0 Å². The molecule has 0 radical (unpaired) electrons. The Bertz CT molecular complexity index is 510. The van der Waals surface area contributed by atoms with Crippen LogP contribution in [0, 0.1) is 0 Å². The molecule has 2 rings (SSSR count). The smallest absolute Gasteiger partial charge is 0.252 e. The Morgan fingerprint density at radius 1 is 1.35 bits per heavy atom. The number of piperidine rings is 1. The molecule has 0 spiro atoms. The maximum atomic E-state index is 12.4. The highest BCUT2D eigenvalue weighted by Crippen LogP contribution is 2.23. The van der Waals surface area contributed by atoms with Crippen LogP contribution in [0.25, 0.3) is 0 Å². The second-order valence-electron chi connectivity index (χ2n) is 5.21. The predicted octanol–water partition coefficient (Wildman–Crippen LogP) is 1.93. The van der Waals surface area contributed by atoms with Crippen molar-refractivity contribution in [2.45, 2.75) is 18.4 Å². The second kappa shape index (κ2) is 6.20. The molecule has 4 nitrogen and oxygen atoms in total. The van der Waals surface area contributed by atoms with Crippen LogP contribution in [0.5, 0.6) is 0 Å². The number of hydrogen-bond acceptors (Lipinski definition) is 3. The molecule has 1 aliphatic rings. The third-order valence-electron chi connectivity index (χ3n) is 3.77. The molecule has 1 aromatic rings. The Morgan fingerprint density at radius 3 is 2.40 bits per heavy atom. The number of nitrogens with two attached hydrogens (primary N) is 1. The van der Waals surface area contributed by atoms with Gasteiger partial charge in [0.05, 0.1) is 10.5 Å². The molecule has 1 fully saturated rings. The number of carbonyl (C=O) groups is 1. The first kappa shape index (κ1) is 15.4. The number of nitrogens with one attached hydrogen (secondary N) is 1. The van der Waals surface area contributed by atoms with Crippen molar-refractivity contribution >= 4 is 39.0 Å². The van der Waals surface area contributed by atoms with E-state index in [0.29, 0.717) is 10.6 Å². The summed E-state index contributed by atoms with van der Waals surface area (Å²) in [6.45, 7) is 1.75. The van der Waals surface area contributed by atoms with Crippen molar-refractivity contribution in [3.63, 3.8) is 0 Å². The van der Waals surface area contributed by atoms with Crippen LogP contribution in [0.2, 0.25) is 0 Å². The van der Waals surface area contributed by atoms with Crippen LogP contribution in [0.15, 0.2) is 28.7 Å². The SMILES string of the molecule is CN1CCC(NC(=O)c2ccc(Br)cc2)(C(N)=S)CC1. The summed E-state index contributed by atoms with van der Waals surface area (Å²) in [6.07, 6.45) is 1.50. The Morgan fingerprint density at radius 2 is 1.90 bits per heavy atom. The summed E-state index contributed by atoms with van der Waals surface area (Å²) < 4.78 is 0.942. The molecule has 1 saturated heterocycles. The fourth-order valence-electron chi connectivity index (χ4n) is 2.32. The Balaban J connectivity index is 2.14. The summed E-state index contributed by atoms with van der Waals surface area (Å²) in [5.41, 5.74) is 5.94. The van der Waals surface area contributed by atoms with Crippen molar-refractivity contribution in [3.8, 4) is 0 Å². The van der Waals surface area contributed by atoms with Gasteiger partial charge in [-0.1, -0.05) is 28.1 Å². The van der Waals surface area contributed by atoms with Gasteiger partial charge in [0, 0.05) is 23.1 Å². The molecule has 0 aliphatic carbocycles.